The van der Waals surface area contributed by atoms with Crippen molar-refractivity contribution in [2.24, 2.45) is 17.8 Å². The first-order valence-electron chi connectivity index (χ1n) is 8.84. The minimum atomic E-state index is 0.0485. The second-order valence-corrected chi connectivity index (χ2v) is 7.21. The van der Waals surface area contributed by atoms with Gasteiger partial charge in [0.15, 0.2) is 5.69 Å². The van der Waals surface area contributed by atoms with E-state index in [0.29, 0.717) is 23.4 Å². The Balaban J connectivity index is 1.37. The molecule has 0 aromatic carbocycles. The number of likely N-dealkylation sites (tertiary alicyclic amines) is 1. The molecular weight excluding hydrogens is 290 g/mol. The predicted molar refractivity (Wildman–Crippen MR) is 86.9 cm³/mol. The van der Waals surface area contributed by atoms with Crippen LogP contribution >= 0.6 is 0 Å². The summed E-state index contributed by atoms with van der Waals surface area (Å²) in [5, 5.41) is 11.7. The second-order valence-electron chi connectivity index (χ2n) is 7.21. The number of aromatic nitrogens is 3. The number of nitrogens with one attached hydrogen (secondary N) is 1. The molecule has 3 atom stereocenters. The fraction of sp³-hybridized carbons (Fsp3) is 0.706. The van der Waals surface area contributed by atoms with Gasteiger partial charge in [-0.05, 0) is 56.5 Å². The van der Waals surface area contributed by atoms with E-state index in [1.807, 2.05) is 15.8 Å². The molecule has 2 fully saturated rings. The van der Waals surface area contributed by atoms with Gasteiger partial charge in [-0.15, -0.1) is 5.10 Å². The van der Waals surface area contributed by atoms with Crippen LogP contribution in [0.15, 0.2) is 18.3 Å². The van der Waals surface area contributed by atoms with Crippen molar-refractivity contribution in [3.05, 3.63) is 24.0 Å². The quantitative estimate of drug-likeness (QED) is 0.855. The highest BCUT2D eigenvalue weighted by atomic mass is 16.2. The van der Waals surface area contributed by atoms with E-state index in [1.165, 1.54) is 12.8 Å². The van der Waals surface area contributed by atoms with E-state index >= 15 is 0 Å². The molecule has 1 aliphatic carbocycles. The average molecular weight is 315 g/mol. The molecule has 4 rings (SSSR count). The molecule has 6 nitrogen and oxygen atoms in total. The standard InChI is InChI=1S/C17H25N5O/c23-17(21-10-14-5-1-2-6-15(14)11-21)16-12-22(20-19-16)9-13-4-3-7-18-8-13/h1-2,12-15,18H,3-11H2/t13?,14-,15+. The van der Waals surface area contributed by atoms with Crippen molar-refractivity contribution in [3.8, 4) is 0 Å². The van der Waals surface area contributed by atoms with E-state index < -0.39 is 0 Å². The van der Waals surface area contributed by atoms with Crippen LogP contribution in [0.4, 0.5) is 0 Å². The first kappa shape index (κ1) is 14.9. The Morgan fingerprint density at radius 1 is 1.26 bits per heavy atom. The van der Waals surface area contributed by atoms with Crippen molar-refractivity contribution in [1.82, 2.24) is 25.2 Å². The first-order chi connectivity index (χ1) is 11.3. The second kappa shape index (κ2) is 6.43. The summed E-state index contributed by atoms with van der Waals surface area (Å²) in [6.07, 6.45) is 11.0. The zero-order chi connectivity index (χ0) is 15.6. The van der Waals surface area contributed by atoms with Crippen molar-refractivity contribution in [2.75, 3.05) is 26.2 Å². The molecule has 3 heterocycles. The summed E-state index contributed by atoms with van der Waals surface area (Å²) in [6, 6.07) is 0. The lowest BCUT2D eigenvalue weighted by molar-refractivity contribution is 0.0778. The van der Waals surface area contributed by atoms with Crippen LogP contribution in [0.25, 0.3) is 0 Å². The maximum atomic E-state index is 12.7. The molecule has 0 bridgehead atoms. The van der Waals surface area contributed by atoms with Crippen LogP contribution in [0, 0.1) is 17.8 Å². The molecule has 0 saturated carbocycles. The summed E-state index contributed by atoms with van der Waals surface area (Å²) in [6.45, 7) is 4.73. The normalized spacial score (nSPS) is 30.4. The highest BCUT2D eigenvalue weighted by molar-refractivity contribution is 5.92. The van der Waals surface area contributed by atoms with Gasteiger partial charge in [0.1, 0.15) is 0 Å². The van der Waals surface area contributed by atoms with Gasteiger partial charge in [0, 0.05) is 19.6 Å². The van der Waals surface area contributed by atoms with Gasteiger partial charge in [-0.25, -0.2) is 0 Å². The number of hydrogen-bond acceptors (Lipinski definition) is 4. The van der Waals surface area contributed by atoms with Crippen LogP contribution in [0.1, 0.15) is 36.2 Å². The van der Waals surface area contributed by atoms with E-state index in [-0.39, 0.29) is 5.91 Å². The number of rotatable bonds is 3. The van der Waals surface area contributed by atoms with Crippen LogP contribution in [-0.4, -0.2) is 52.0 Å². The van der Waals surface area contributed by atoms with E-state index in [1.54, 1.807) is 0 Å². The first-order valence-corrected chi connectivity index (χ1v) is 8.84. The smallest absolute Gasteiger partial charge is 0.276 e. The lowest BCUT2D eigenvalue weighted by atomic mass is 9.86. The predicted octanol–water partition coefficient (Wildman–Crippen LogP) is 1.32. The summed E-state index contributed by atoms with van der Waals surface area (Å²) in [5.74, 6) is 1.90. The van der Waals surface area contributed by atoms with Crippen molar-refractivity contribution in [2.45, 2.75) is 32.2 Å². The van der Waals surface area contributed by atoms with Gasteiger partial charge in [-0.3, -0.25) is 9.48 Å². The minimum Gasteiger partial charge on any atom is -0.337 e. The van der Waals surface area contributed by atoms with Gasteiger partial charge in [-0.2, -0.15) is 0 Å². The third-order valence-corrected chi connectivity index (χ3v) is 5.51. The zero-order valence-corrected chi connectivity index (χ0v) is 13.5. The van der Waals surface area contributed by atoms with E-state index in [0.717, 1.165) is 45.6 Å². The number of hydrogen-bond donors (Lipinski definition) is 1. The molecule has 1 unspecified atom stereocenters. The Kier molecular flexibility index (Phi) is 4.16. The summed E-state index contributed by atoms with van der Waals surface area (Å²) in [5.41, 5.74) is 0.500. The topological polar surface area (TPSA) is 63.1 Å². The van der Waals surface area contributed by atoms with Crippen molar-refractivity contribution in [1.29, 1.82) is 0 Å². The molecule has 23 heavy (non-hydrogen) atoms. The highest BCUT2D eigenvalue weighted by Crippen LogP contribution is 2.33. The van der Waals surface area contributed by atoms with Crippen LogP contribution in [-0.2, 0) is 6.54 Å². The van der Waals surface area contributed by atoms with Crippen LogP contribution in [0.3, 0.4) is 0 Å². The summed E-state index contributed by atoms with van der Waals surface area (Å²) < 4.78 is 1.84. The van der Waals surface area contributed by atoms with Gasteiger partial charge in [0.25, 0.3) is 5.91 Å². The van der Waals surface area contributed by atoms with E-state index in [4.69, 9.17) is 0 Å². The SMILES string of the molecule is O=C(c1cn(CC2CCCNC2)nn1)N1C[C@H]2CC=CC[C@H]2C1. The molecule has 0 spiro atoms. The molecule has 6 heteroatoms. The van der Waals surface area contributed by atoms with Crippen molar-refractivity contribution in [3.63, 3.8) is 0 Å². The van der Waals surface area contributed by atoms with Crippen LogP contribution < -0.4 is 5.32 Å². The maximum absolute atomic E-state index is 12.7. The van der Waals surface area contributed by atoms with Gasteiger partial charge >= 0.3 is 0 Å². The molecule has 1 amide bonds. The largest absolute Gasteiger partial charge is 0.337 e. The molecular formula is C17H25N5O. The third-order valence-electron chi connectivity index (χ3n) is 5.51. The third kappa shape index (κ3) is 3.17. The fourth-order valence-corrected chi connectivity index (χ4v) is 4.17. The monoisotopic (exact) mass is 315 g/mol. The van der Waals surface area contributed by atoms with Gasteiger partial charge in [0.05, 0.1) is 6.20 Å². The number of allylic oxidation sites excluding steroid dienone is 2. The molecule has 124 valence electrons. The van der Waals surface area contributed by atoms with E-state index in [2.05, 4.69) is 27.8 Å². The molecule has 1 aromatic rings. The number of fused-ring (bicyclic) bond motifs is 1. The highest BCUT2D eigenvalue weighted by Gasteiger charge is 2.36. The molecule has 2 saturated heterocycles. The number of amides is 1. The fourth-order valence-electron chi connectivity index (χ4n) is 4.17. The molecule has 1 aromatic heterocycles. The Bertz CT molecular complexity index is 574. The maximum Gasteiger partial charge on any atom is 0.276 e. The molecule has 2 aliphatic heterocycles. The Hall–Kier alpha value is -1.69. The Morgan fingerprint density at radius 2 is 2.04 bits per heavy atom. The van der Waals surface area contributed by atoms with Gasteiger partial charge < -0.3 is 10.2 Å². The van der Waals surface area contributed by atoms with E-state index in [9.17, 15) is 4.79 Å². The summed E-state index contributed by atoms with van der Waals surface area (Å²) in [7, 11) is 0. The lowest BCUT2D eigenvalue weighted by Crippen LogP contribution is -2.32. The zero-order valence-electron chi connectivity index (χ0n) is 13.5. The Morgan fingerprint density at radius 3 is 2.74 bits per heavy atom. The van der Waals surface area contributed by atoms with Gasteiger partial charge in [0.2, 0.25) is 0 Å². The van der Waals surface area contributed by atoms with Crippen LogP contribution in [0.5, 0.6) is 0 Å². The number of carbonyl (C=O) groups excluding carboxylic acids is 1. The lowest BCUT2D eigenvalue weighted by Gasteiger charge is -2.22. The molecule has 3 aliphatic rings. The van der Waals surface area contributed by atoms with Crippen molar-refractivity contribution < 1.29 is 4.79 Å². The molecule has 1 N–H and O–H groups in total. The van der Waals surface area contributed by atoms with Gasteiger partial charge in [-0.1, -0.05) is 17.4 Å². The van der Waals surface area contributed by atoms with Crippen LogP contribution in [0.2, 0.25) is 0 Å². The summed E-state index contributed by atoms with van der Waals surface area (Å²) >= 11 is 0. The number of nitrogens with zero attached hydrogens (tertiary/aromatic N) is 4. The summed E-state index contributed by atoms with van der Waals surface area (Å²) in [4.78, 5) is 14.6. The number of carbonyl (C=O) groups is 1. The number of piperidine rings is 1. The Labute approximate surface area is 136 Å². The average Bonchev–Trinajstić information content (AvgIpc) is 3.21. The molecule has 0 radical (unpaired) electrons. The van der Waals surface area contributed by atoms with Crippen molar-refractivity contribution >= 4 is 5.91 Å². The minimum absolute atomic E-state index is 0.0485.